The van der Waals surface area contributed by atoms with Crippen molar-refractivity contribution in [1.82, 2.24) is 4.90 Å². The van der Waals surface area contributed by atoms with E-state index < -0.39 is 5.60 Å². The molecule has 0 bridgehead atoms. The van der Waals surface area contributed by atoms with Crippen LogP contribution in [0.4, 0.5) is 0 Å². The Bertz CT molecular complexity index is 990. The van der Waals surface area contributed by atoms with Gasteiger partial charge in [-0.05, 0) is 67.6 Å². The molecular weight excluding hydrogens is 410 g/mol. The fourth-order valence-electron chi connectivity index (χ4n) is 5.33. The molecule has 3 aromatic rings. The normalized spacial score (nSPS) is 16.9. The minimum Gasteiger partial charge on any atom is -0.494 e. The Kier molecular flexibility index (Phi) is 6.65. The molecule has 0 aliphatic carbocycles. The van der Waals surface area contributed by atoms with Gasteiger partial charge in [0.1, 0.15) is 17.1 Å². The Morgan fingerprint density at radius 2 is 1.58 bits per heavy atom. The maximum Gasteiger partial charge on any atom is 0.122 e. The van der Waals surface area contributed by atoms with Crippen molar-refractivity contribution >= 4 is 0 Å². The third-order valence-electron chi connectivity index (χ3n) is 7.15. The number of aliphatic hydroxyl groups is 1. The third kappa shape index (κ3) is 4.78. The quantitative estimate of drug-likeness (QED) is 0.496. The van der Waals surface area contributed by atoms with E-state index in [1.807, 2.05) is 48.5 Å². The van der Waals surface area contributed by atoms with Gasteiger partial charge in [0.05, 0.1) is 13.2 Å². The summed E-state index contributed by atoms with van der Waals surface area (Å²) in [5.74, 6) is 2.13. The van der Waals surface area contributed by atoms with Crippen LogP contribution in [0.2, 0.25) is 0 Å². The largest absolute Gasteiger partial charge is 0.494 e. The summed E-state index contributed by atoms with van der Waals surface area (Å²) in [6.45, 7) is 4.53. The predicted molar refractivity (Wildman–Crippen MR) is 131 cm³/mol. The Morgan fingerprint density at radius 1 is 0.909 bits per heavy atom. The van der Waals surface area contributed by atoms with E-state index in [2.05, 4.69) is 35.2 Å². The molecule has 2 aliphatic heterocycles. The molecule has 1 fully saturated rings. The summed E-state index contributed by atoms with van der Waals surface area (Å²) in [6.07, 6.45) is 3.93. The van der Waals surface area contributed by atoms with Crippen LogP contribution in [0.5, 0.6) is 11.5 Å². The SMILES string of the molecule is OC(c1ccccc1)(c1ccccc1)C1CCN(CCCOc2ccc3c(c2)CCO3)CC1. The van der Waals surface area contributed by atoms with Gasteiger partial charge in [0.25, 0.3) is 0 Å². The molecule has 0 radical (unpaired) electrons. The highest BCUT2D eigenvalue weighted by Gasteiger charge is 2.41. The van der Waals surface area contributed by atoms with Crippen LogP contribution < -0.4 is 9.47 Å². The number of hydrogen-bond acceptors (Lipinski definition) is 4. The molecule has 0 amide bonds. The maximum atomic E-state index is 12.0. The van der Waals surface area contributed by atoms with Gasteiger partial charge in [0, 0.05) is 18.5 Å². The number of likely N-dealkylation sites (tertiary alicyclic amines) is 1. The van der Waals surface area contributed by atoms with Crippen LogP contribution >= 0.6 is 0 Å². The van der Waals surface area contributed by atoms with Crippen molar-refractivity contribution in [2.24, 2.45) is 5.92 Å². The summed E-state index contributed by atoms with van der Waals surface area (Å²) in [7, 11) is 0. The second-order valence-corrected chi connectivity index (χ2v) is 9.18. The number of nitrogens with zero attached hydrogens (tertiary/aromatic N) is 1. The molecule has 0 atom stereocenters. The van der Waals surface area contributed by atoms with Crippen molar-refractivity contribution in [1.29, 1.82) is 0 Å². The zero-order valence-electron chi connectivity index (χ0n) is 19.2. The molecule has 5 rings (SSSR count). The first-order valence-electron chi connectivity index (χ1n) is 12.2. The minimum atomic E-state index is -0.949. The summed E-state index contributed by atoms with van der Waals surface area (Å²) < 4.78 is 11.6. The molecular formula is C29H33NO3. The molecule has 2 heterocycles. The van der Waals surface area contributed by atoms with Crippen LogP contribution in [0.25, 0.3) is 0 Å². The van der Waals surface area contributed by atoms with Gasteiger partial charge < -0.3 is 19.5 Å². The van der Waals surface area contributed by atoms with E-state index in [0.717, 1.165) is 81.2 Å². The highest BCUT2D eigenvalue weighted by atomic mass is 16.5. The Hall–Kier alpha value is -2.82. The molecule has 0 saturated carbocycles. The van der Waals surface area contributed by atoms with Gasteiger partial charge in [-0.3, -0.25) is 0 Å². The van der Waals surface area contributed by atoms with E-state index >= 15 is 0 Å². The van der Waals surface area contributed by atoms with Gasteiger partial charge in [-0.15, -0.1) is 0 Å². The average molecular weight is 444 g/mol. The van der Waals surface area contributed by atoms with Crippen molar-refractivity contribution in [3.63, 3.8) is 0 Å². The summed E-state index contributed by atoms with van der Waals surface area (Å²) in [6, 6.07) is 26.5. The Labute approximate surface area is 196 Å². The van der Waals surface area contributed by atoms with Crippen molar-refractivity contribution in [3.8, 4) is 11.5 Å². The summed E-state index contributed by atoms with van der Waals surface area (Å²) >= 11 is 0. The van der Waals surface area contributed by atoms with Crippen LogP contribution in [0.15, 0.2) is 78.9 Å². The average Bonchev–Trinajstić information content (AvgIpc) is 3.36. The standard InChI is InChI=1S/C29H33NO3/c31-29(24-8-3-1-4-9-24,25-10-5-2-6-11-25)26-14-18-30(19-15-26)17-7-20-32-27-12-13-28-23(22-27)16-21-33-28/h1-6,8-13,22,26,31H,7,14-21H2. The van der Waals surface area contributed by atoms with Gasteiger partial charge in [-0.2, -0.15) is 0 Å². The molecule has 4 nitrogen and oxygen atoms in total. The van der Waals surface area contributed by atoms with E-state index in [0.29, 0.717) is 0 Å². The number of rotatable bonds is 8. The molecule has 2 aliphatic rings. The number of ether oxygens (including phenoxy) is 2. The smallest absolute Gasteiger partial charge is 0.122 e. The lowest BCUT2D eigenvalue weighted by Crippen LogP contribution is -2.44. The highest BCUT2D eigenvalue weighted by molar-refractivity contribution is 5.42. The number of fused-ring (bicyclic) bond motifs is 1. The van der Waals surface area contributed by atoms with E-state index in [-0.39, 0.29) is 5.92 Å². The lowest BCUT2D eigenvalue weighted by molar-refractivity contribution is -0.0146. The topological polar surface area (TPSA) is 41.9 Å². The maximum absolute atomic E-state index is 12.0. The zero-order chi connectivity index (χ0) is 22.5. The molecule has 3 aromatic carbocycles. The fraction of sp³-hybridized carbons (Fsp3) is 0.379. The Balaban J connectivity index is 1.15. The predicted octanol–water partition coefficient (Wildman–Crippen LogP) is 5.04. The molecule has 1 N–H and O–H groups in total. The van der Waals surface area contributed by atoms with Crippen LogP contribution in [-0.4, -0.2) is 42.9 Å². The molecule has 0 spiro atoms. The van der Waals surface area contributed by atoms with Crippen molar-refractivity contribution in [2.45, 2.75) is 31.3 Å². The summed E-state index contributed by atoms with van der Waals surface area (Å²) in [5.41, 5.74) is 2.28. The van der Waals surface area contributed by atoms with E-state index in [4.69, 9.17) is 9.47 Å². The van der Waals surface area contributed by atoms with Gasteiger partial charge >= 0.3 is 0 Å². The third-order valence-corrected chi connectivity index (χ3v) is 7.15. The molecule has 0 aromatic heterocycles. The summed E-state index contributed by atoms with van der Waals surface area (Å²) in [5, 5.41) is 12.0. The lowest BCUT2D eigenvalue weighted by atomic mass is 9.72. The molecule has 4 heteroatoms. The highest BCUT2D eigenvalue weighted by Crippen LogP contribution is 2.41. The number of piperidine rings is 1. The lowest BCUT2D eigenvalue weighted by Gasteiger charge is -2.42. The van der Waals surface area contributed by atoms with Crippen LogP contribution in [0, 0.1) is 5.92 Å². The zero-order valence-corrected chi connectivity index (χ0v) is 19.2. The second kappa shape index (κ2) is 9.98. The van der Waals surface area contributed by atoms with E-state index in [1.165, 1.54) is 5.56 Å². The molecule has 1 saturated heterocycles. The van der Waals surface area contributed by atoms with Crippen LogP contribution in [-0.2, 0) is 12.0 Å². The summed E-state index contributed by atoms with van der Waals surface area (Å²) in [4.78, 5) is 2.51. The fourth-order valence-corrected chi connectivity index (χ4v) is 5.33. The first-order valence-corrected chi connectivity index (χ1v) is 12.2. The number of hydrogen-bond donors (Lipinski definition) is 1. The van der Waals surface area contributed by atoms with Crippen molar-refractivity contribution < 1.29 is 14.6 Å². The second-order valence-electron chi connectivity index (χ2n) is 9.18. The molecule has 0 unspecified atom stereocenters. The number of benzene rings is 3. The van der Waals surface area contributed by atoms with E-state index in [1.54, 1.807) is 0 Å². The van der Waals surface area contributed by atoms with Gasteiger partial charge in [0.15, 0.2) is 0 Å². The van der Waals surface area contributed by atoms with Crippen LogP contribution in [0.1, 0.15) is 36.0 Å². The molecule has 33 heavy (non-hydrogen) atoms. The monoisotopic (exact) mass is 443 g/mol. The van der Waals surface area contributed by atoms with Crippen molar-refractivity contribution in [2.75, 3.05) is 32.8 Å². The van der Waals surface area contributed by atoms with Crippen LogP contribution in [0.3, 0.4) is 0 Å². The first-order chi connectivity index (χ1) is 16.2. The van der Waals surface area contributed by atoms with Gasteiger partial charge in [-0.25, -0.2) is 0 Å². The van der Waals surface area contributed by atoms with Gasteiger partial charge in [0.2, 0.25) is 0 Å². The molecule has 172 valence electrons. The Morgan fingerprint density at radius 3 is 2.24 bits per heavy atom. The van der Waals surface area contributed by atoms with E-state index in [9.17, 15) is 5.11 Å². The van der Waals surface area contributed by atoms with Gasteiger partial charge in [-0.1, -0.05) is 60.7 Å². The van der Waals surface area contributed by atoms with Crippen molar-refractivity contribution in [3.05, 3.63) is 95.6 Å². The first kappa shape index (κ1) is 22.0. The minimum absolute atomic E-state index is 0.198.